The lowest BCUT2D eigenvalue weighted by atomic mass is 10.2. The summed E-state index contributed by atoms with van der Waals surface area (Å²) in [6.07, 6.45) is 2.45. The van der Waals surface area contributed by atoms with E-state index in [1.54, 1.807) is 19.2 Å². The highest BCUT2D eigenvalue weighted by molar-refractivity contribution is 7.89. The molecule has 1 fully saturated rings. The maximum absolute atomic E-state index is 12.4. The van der Waals surface area contributed by atoms with Gasteiger partial charge in [-0.25, -0.2) is 8.42 Å². The first-order chi connectivity index (χ1) is 9.91. The number of hydrogen-bond donors (Lipinski definition) is 1. The lowest BCUT2D eigenvalue weighted by molar-refractivity contribution is 0.117. The van der Waals surface area contributed by atoms with Crippen molar-refractivity contribution in [1.82, 2.24) is 4.31 Å². The molecule has 0 atom stereocenters. The molecule has 1 aliphatic rings. The number of sulfonamides is 1. The van der Waals surface area contributed by atoms with Crippen LogP contribution < -0.4 is 5.73 Å². The predicted molar refractivity (Wildman–Crippen MR) is 85.7 cm³/mol. The first-order valence-corrected chi connectivity index (χ1v) is 8.70. The van der Waals surface area contributed by atoms with Crippen LogP contribution in [0, 0.1) is 5.92 Å². The molecule has 0 bridgehead atoms. The van der Waals surface area contributed by atoms with E-state index in [1.165, 1.54) is 29.3 Å². The molecular formula is C14H20N2O3S2. The largest absolute Gasteiger partial charge is 0.389 e. The third-order valence-electron chi connectivity index (χ3n) is 3.45. The number of ether oxygens (including phenoxy) is 1. The third kappa shape index (κ3) is 4.47. The Kier molecular flexibility index (Phi) is 5.32. The molecule has 2 rings (SSSR count). The quantitative estimate of drug-likeness (QED) is 0.576. The Balaban J connectivity index is 1.93. The Morgan fingerprint density at radius 3 is 2.52 bits per heavy atom. The number of nitrogens with zero attached hydrogens (tertiary/aromatic N) is 1. The molecule has 0 aromatic heterocycles. The standard InChI is InChI=1S/C14H20N2O3S2/c1-16(8-9-19-10-11-2-3-11)21(17,18)13-6-4-12(5-7-13)14(15)20/h4-7,11H,2-3,8-10H2,1H3,(H2,15,20). The topological polar surface area (TPSA) is 72.6 Å². The summed E-state index contributed by atoms with van der Waals surface area (Å²) in [5.41, 5.74) is 6.15. The minimum Gasteiger partial charge on any atom is -0.389 e. The van der Waals surface area contributed by atoms with Crippen LogP contribution >= 0.6 is 12.2 Å². The molecule has 21 heavy (non-hydrogen) atoms. The molecule has 5 nitrogen and oxygen atoms in total. The second-order valence-electron chi connectivity index (χ2n) is 5.23. The van der Waals surface area contributed by atoms with Gasteiger partial charge in [-0.2, -0.15) is 4.31 Å². The van der Waals surface area contributed by atoms with Gasteiger partial charge in [-0.3, -0.25) is 0 Å². The van der Waals surface area contributed by atoms with Crippen LogP contribution in [0.5, 0.6) is 0 Å². The second-order valence-corrected chi connectivity index (χ2v) is 7.72. The highest BCUT2D eigenvalue weighted by atomic mass is 32.2. The Morgan fingerprint density at radius 1 is 1.38 bits per heavy atom. The fraction of sp³-hybridized carbons (Fsp3) is 0.500. The molecule has 0 aliphatic heterocycles. The van der Waals surface area contributed by atoms with Crippen molar-refractivity contribution in [2.45, 2.75) is 17.7 Å². The van der Waals surface area contributed by atoms with Gasteiger partial charge in [-0.15, -0.1) is 0 Å². The van der Waals surface area contributed by atoms with Crippen molar-refractivity contribution >= 4 is 27.2 Å². The molecule has 0 saturated heterocycles. The van der Waals surface area contributed by atoms with Crippen molar-refractivity contribution in [3.63, 3.8) is 0 Å². The van der Waals surface area contributed by atoms with Crippen molar-refractivity contribution in [2.75, 3.05) is 26.8 Å². The number of benzene rings is 1. The van der Waals surface area contributed by atoms with E-state index in [9.17, 15) is 8.42 Å². The van der Waals surface area contributed by atoms with Crippen LogP contribution in [-0.4, -0.2) is 44.5 Å². The van der Waals surface area contributed by atoms with Crippen molar-refractivity contribution in [3.8, 4) is 0 Å². The third-order valence-corrected chi connectivity index (χ3v) is 5.55. The summed E-state index contributed by atoms with van der Waals surface area (Å²) in [4.78, 5) is 0.480. The van der Waals surface area contributed by atoms with Gasteiger partial charge in [-0.05, 0) is 30.9 Å². The van der Waals surface area contributed by atoms with E-state index in [0.717, 1.165) is 6.61 Å². The monoisotopic (exact) mass is 328 g/mol. The molecule has 1 aromatic carbocycles. The van der Waals surface area contributed by atoms with E-state index < -0.39 is 10.0 Å². The zero-order valence-corrected chi connectivity index (χ0v) is 13.6. The van der Waals surface area contributed by atoms with Crippen LogP contribution in [0.25, 0.3) is 0 Å². The van der Waals surface area contributed by atoms with E-state index in [2.05, 4.69) is 0 Å². The van der Waals surface area contributed by atoms with Crippen LogP contribution in [0.15, 0.2) is 29.2 Å². The van der Waals surface area contributed by atoms with E-state index in [4.69, 9.17) is 22.7 Å². The summed E-state index contributed by atoms with van der Waals surface area (Å²) in [6.45, 7) is 1.49. The lowest BCUT2D eigenvalue weighted by Gasteiger charge is -2.17. The summed E-state index contributed by atoms with van der Waals surface area (Å²) in [6, 6.07) is 6.27. The van der Waals surface area contributed by atoms with Crippen molar-refractivity contribution in [1.29, 1.82) is 0 Å². The Morgan fingerprint density at radius 2 is 2.00 bits per heavy atom. The average Bonchev–Trinajstić information content (AvgIpc) is 3.27. The molecule has 2 N–H and O–H groups in total. The summed E-state index contributed by atoms with van der Waals surface area (Å²) in [5.74, 6) is 0.680. The number of likely N-dealkylation sites (N-methyl/N-ethyl adjacent to an activating group) is 1. The molecule has 1 aromatic rings. The van der Waals surface area contributed by atoms with Crippen molar-refractivity contribution < 1.29 is 13.2 Å². The molecule has 1 saturated carbocycles. The molecule has 1 aliphatic carbocycles. The molecule has 0 unspecified atom stereocenters. The van der Waals surface area contributed by atoms with Crippen molar-refractivity contribution in [2.24, 2.45) is 11.7 Å². The molecular weight excluding hydrogens is 308 g/mol. The summed E-state index contributed by atoms with van der Waals surface area (Å²) in [5, 5.41) is 0. The van der Waals surface area contributed by atoms with Gasteiger partial charge in [0.05, 0.1) is 11.5 Å². The van der Waals surface area contributed by atoms with Gasteiger partial charge in [0.2, 0.25) is 10.0 Å². The normalized spacial score (nSPS) is 15.3. The minimum atomic E-state index is -3.50. The van der Waals surface area contributed by atoms with Gasteiger partial charge < -0.3 is 10.5 Å². The van der Waals surface area contributed by atoms with E-state index in [1.807, 2.05) is 0 Å². The second kappa shape index (κ2) is 6.83. The molecule has 116 valence electrons. The van der Waals surface area contributed by atoms with Gasteiger partial charge in [0.15, 0.2) is 0 Å². The fourth-order valence-corrected chi connectivity index (χ4v) is 3.11. The SMILES string of the molecule is CN(CCOCC1CC1)S(=O)(=O)c1ccc(C(N)=S)cc1. The fourth-order valence-electron chi connectivity index (χ4n) is 1.82. The molecule has 0 heterocycles. The molecule has 0 amide bonds. The first-order valence-electron chi connectivity index (χ1n) is 6.85. The van der Waals surface area contributed by atoms with Gasteiger partial charge >= 0.3 is 0 Å². The summed E-state index contributed by atoms with van der Waals surface area (Å²) >= 11 is 4.85. The Bertz CT molecular complexity index is 595. The zero-order valence-electron chi connectivity index (χ0n) is 12.0. The highest BCUT2D eigenvalue weighted by Crippen LogP contribution is 2.28. The van der Waals surface area contributed by atoms with Gasteiger partial charge in [0.25, 0.3) is 0 Å². The molecule has 7 heteroatoms. The predicted octanol–water partition coefficient (Wildman–Crippen LogP) is 1.37. The highest BCUT2D eigenvalue weighted by Gasteiger charge is 2.23. The van der Waals surface area contributed by atoms with E-state index in [0.29, 0.717) is 24.6 Å². The maximum Gasteiger partial charge on any atom is 0.242 e. The smallest absolute Gasteiger partial charge is 0.242 e. The number of nitrogens with two attached hydrogens (primary N) is 1. The van der Waals surface area contributed by atoms with Crippen LogP contribution in [0.4, 0.5) is 0 Å². The van der Waals surface area contributed by atoms with Crippen LogP contribution in [0.3, 0.4) is 0 Å². The van der Waals surface area contributed by atoms with E-state index in [-0.39, 0.29) is 9.88 Å². The summed E-state index contributed by atoms with van der Waals surface area (Å²) in [7, 11) is -1.94. The Labute approximate surface area is 131 Å². The molecule has 0 spiro atoms. The van der Waals surface area contributed by atoms with Gasteiger partial charge in [0, 0.05) is 25.8 Å². The van der Waals surface area contributed by atoms with Crippen LogP contribution in [0.2, 0.25) is 0 Å². The molecule has 0 radical (unpaired) electrons. The first kappa shape index (κ1) is 16.4. The van der Waals surface area contributed by atoms with E-state index >= 15 is 0 Å². The van der Waals surface area contributed by atoms with Gasteiger partial charge in [-0.1, -0.05) is 24.4 Å². The van der Waals surface area contributed by atoms with Crippen LogP contribution in [0.1, 0.15) is 18.4 Å². The summed E-state index contributed by atoms with van der Waals surface area (Å²) < 4.78 is 31.5. The minimum absolute atomic E-state index is 0.229. The van der Waals surface area contributed by atoms with Crippen molar-refractivity contribution in [3.05, 3.63) is 29.8 Å². The Hall–Kier alpha value is -1.02. The lowest BCUT2D eigenvalue weighted by Crippen LogP contribution is -2.30. The number of thiocarbonyl (C=S) groups is 1. The van der Waals surface area contributed by atoms with Crippen LogP contribution in [-0.2, 0) is 14.8 Å². The average molecular weight is 328 g/mol. The number of hydrogen-bond acceptors (Lipinski definition) is 4. The zero-order chi connectivity index (χ0) is 15.5. The number of rotatable bonds is 8. The maximum atomic E-state index is 12.4. The van der Waals surface area contributed by atoms with Gasteiger partial charge in [0.1, 0.15) is 4.99 Å².